The van der Waals surface area contributed by atoms with Gasteiger partial charge in [-0.15, -0.1) is 0 Å². The monoisotopic (exact) mass is 144 g/mol. The topological polar surface area (TPSA) is 57.5 Å². The number of hydrogen-bond donors (Lipinski definition) is 2. The molecule has 0 aromatic rings. The molecule has 2 atom stereocenters. The standard InChI is InChI=1S/C7H12O3/c1-6(2)4(8)7(6,3)5(9)10/h4,8H,1-3H3,(H,9,10). The van der Waals surface area contributed by atoms with Crippen molar-refractivity contribution in [3.8, 4) is 0 Å². The van der Waals surface area contributed by atoms with Gasteiger partial charge in [-0.05, 0) is 6.92 Å². The lowest BCUT2D eigenvalue weighted by atomic mass is 9.99. The van der Waals surface area contributed by atoms with Crippen molar-refractivity contribution >= 4 is 5.97 Å². The van der Waals surface area contributed by atoms with Crippen molar-refractivity contribution in [2.75, 3.05) is 0 Å². The van der Waals surface area contributed by atoms with Gasteiger partial charge < -0.3 is 10.2 Å². The lowest BCUT2D eigenvalue weighted by molar-refractivity contribution is -0.144. The number of carboxylic acid groups (broad SMARTS) is 1. The molecule has 3 nitrogen and oxygen atoms in total. The van der Waals surface area contributed by atoms with Crippen LogP contribution in [0.5, 0.6) is 0 Å². The molecule has 1 rings (SSSR count). The molecule has 0 aliphatic heterocycles. The maximum Gasteiger partial charge on any atom is 0.312 e. The zero-order valence-electron chi connectivity index (χ0n) is 6.38. The molecule has 1 aliphatic carbocycles. The largest absolute Gasteiger partial charge is 0.481 e. The van der Waals surface area contributed by atoms with Crippen LogP contribution in [0.15, 0.2) is 0 Å². The molecular formula is C7H12O3. The predicted octanol–water partition coefficient (Wildman–Crippen LogP) is 0.478. The third-order valence-electron chi connectivity index (χ3n) is 2.93. The fraction of sp³-hybridized carbons (Fsp3) is 0.857. The van der Waals surface area contributed by atoms with Crippen LogP contribution >= 0.6 is 0 Å². The van der Waals surface area contributed by atoms with Gasteiger partial charge >= 0.3 is 5.97 Å². The Morgan fingerprint density at radius 2 is 1.70 bits per heavy atom. The van der Waals surface area contributed by atoms with Crippen molar-refractivity contribution in [1.29, 1.82) is 0 Å². The van der Waals surface area contributed by atoms with E-state index in [1.165, 1.54) is 0 Å². The molecule has 0 bridgehead atoms. The molecule has 0 amide bonds. The second kappa shape index (κ2) is 1.53. The molecule has 1 aliphatic rings. The van der Waals surface area contributed by atoms with E-state index in [-0.39, 0.29) is 0 Å². The number of aliphatic hydroxyl groups is 1. The Hall–Kier alpha value is -0.570. The van der Waals surface area contributed by atoms with Crippen LogP contribution in [0, 0.1) is 10.8 Å². The number of rotatable bonds is 1. The Kier molecular flexibility index (Phi) is 1.15. The average Bonchev–Trinajstić information content (AvgIpc) is 2.16. The lowest BCUT2D eigenvalue weighted by Gasteiger charge is -2.05. The third-order valence-corrected chi connectivity index (χ3v) is 2.93. The summed E-state index contributed by atoms with van der Waals surface area (Å²) in [6, 6.07) is 0. The van der Waals surface area contributed by atoms with E-state index in [4.69, 9.17) is 5.11 Å². The smallest absolute Gasteiger partial charge is 0.312 e. The summed E-state index contributed by atoms with van der Waals surface area (Å²) in [5.74, 6) is -0.912. The number of hydrogen-bond acceptors (Lipinski definition) is 2. The van der Waals surface area contributed by atoms with E-state index in [0.29, 0.717) is 0 Å². The van der Waals surface area contributed by atoms with Crippen molar-refractivity contribution < 1.29 is 15.0 Å². The van der Waals surface area contributed by atoms with E-state index in [9.17, 15) is 9.90 Å². The number of aliphatic carboxylic acids is 1. The Morgan fingerprint density at radius 1 is 1.40 bits per heavy atom. The molecule has 1 fully saturated rings. The molecule has 2 N–H and O–H groups in total. The van der Waals surface area contributed by atoms with Gasteiger partial charge in [0.25, 0.3) is 0 Å². The van der Waals surface area contributed by atoms with E-state index in [0.717, 1.165) is 0 Å². The Bertz CT molecular complexity index is 185. The van der Waals surface area contributed by atoms with Crippen LogP contribution in [0.4, 0.5) is 0 Å². The van der Waals surface area contributed by atoms with Crippen LogP contribution in [-0.4, -0.2) is 22.3 Å². The van der Waals surface area contributed by atoms with E-state index in [2.05, 4.69) is 0 Å². The fourth-order valence-corrected chi connectivity index (χ4v) is 1.34. The summed E-state index contributed by atoms with van der Waals surface area (Å²) in [6.45, 7) is 5.08. The molecule has 0 heterocycles. The highest BCUT2D eigenvalue weighted by molar-refractivity contribution is 5.81. The van der Waals surface area contributed by atoms with Crippen LogP contribution in [-0.2, 0) is 4.79 Å². The molecule has 0 aromatic carbocycles. The van der Waals surface area contributed by atoms with Gasteiger partial charge in [-0.25, -0.2) is 0 Å². The summed E-state index contributed by atoms with van der Waals surface area (Å²) in [6.07, 6.45) is -0.697. The van der Waals surface area contributed by atoms with Crippen LogP contribution in [0.3, 0.4) is 0 Å². The molecule has 10 heavy (non-hydrogen) atoms. The third kappa shape index (κ3) is 0.515. The summed E-state index contributed by atoms with van der Waals surface area (Å²) < 4.78 is 0. The molecule has 0 radical (unpaired) electrons. The Morgan fingerprint density at radius 3 is 1.70 bits per heavy atom. The van der Waals surface area contributed by atoms with Crippen LogP contribution in [0.1, 0.15) is 20.8 Å². The second-order valence-electron chi connectivity index (χ2n) is 3.63. The summed E-state index contributed by atoms with van der Waals surface area (Å²) in [7, 11) is 0. The first-order valence-electron chi connectivity index (χ1n) is 3.26. The summed E-state index contributed by atoms with van der Waals surface area (Å²) >= 11 is 0. The van der Waals surface area contributed by atoms with Crippen molar-refractivity contribution in [3.05, 3.63) is 0 Å². The van der Waals surface area contributed by atoms with Crippen molar-refractivity contribution in [1.82, 2.24) is 0 Å². The normalized spacial score (nSPS) is 43.0. The highest BCUT2D eigenvalue weighted by Gasteiger charge is 2.72. The number of carboxylic acids is 1. The molecule has 0 aromatic heterocycles. The zero-order valence-corrected chi connectivity index (χ0v) is 6.38. The van der Waals surface area contributed by atoms with E-state index < -0.39 is 22.9 Å². The van der Waals surface area contributed by atoms with Gasteiger partial charge in [-0.2, -0.15) is 0 Å². The van der Waals surface area contributed by atoms with Gasteiger partial charge in [-0.1, -0.05) is 13.8 Å². The van der Waals surface area contributed by atoms with E-state index in [1.54, 1.807) is 20.8 Å². The van der Waals surface area contributed by atoms with E-state index in [1.807, 2.05) is 0 Å². The molecule has 0 saturated heterocycles. The van der Waals surface area contributed by atoms with E-state index >= 15 is 0 Å². The molecule has 3 heteroatoms. The fourth-order valence-electron chi connectivity index (χ4n) is 1.34. The minimum atomic E-state index is -0.924. The van der Waals surface area contributed by atoms with Gasteiger partial charge in [0.1, 0.15) is 0 Å². The zero-order chi connectivity index (χ0) is 8.15. The lowest BCUT2D eigenvalue weighted by Crippen LogP contribution is -2.17. The van der Waals surface area contributed by atoms with Gasteiger partial charge in [0.2, 0.25) is 0 Å². The Balaban J connectivity index is 2.88. The molecular weight excluding hydrogens is 132 g/mol. The first-order valence-corrected chi connectivity index (χ1v) is 3.26. The van der Waals surface area contributed by atoms with Crippen LogP contribution < -0.4 is 0 Å². The molecule has 0 spiro atoms. The molecule has 58 valence electrons. The van der Waals surface area contributed by atoms with Crippen molar-refractivity contribution in [2.45, 2.75) is 26.9 Å². The predicted molar refractivity (Wildman–Crippen MR) is 35.5 cm³/mol. The molecule has 2 unspecified atom stereocenters. The highest BCUT2D eigenvalue weighted by atomic mass is 16.4. The minimum absolute atomic E-state index is 0.459. The van der Waals surface area contributed by atoms with Gasteiger partial charge in [-0.3, -0.25) is 4.79 Å². The first-order chi connectivity index (χ1) is 4.35. The maximum absolute atomic E-state index is 10.5. The average molecular weight is 144 g/mol. The van der Waals surface area contributed by atoms with Gasteiger partial charge in [0.05, 0.1) is 11.5 Å². The van der Waals surface area contributed by atoms with Gasteiger partial charge in [0, 0.05) is 5.41 Å². The highest BCUT2D eigenvalue weighted by Crippen LogP contribution is 2.62. The quantitative estimate of drug-likeness (QED) is 0.562. The molecule has 1 saturated carbocycles. The van der Waals surface area contributed by atoms with Crippen LogP contribution in [0.2, 0.25) is 0 Å². The van der Waals surface area contributed by atoms with Crippen LogP contribution in [0.25, 0.3) is 0 Å². The summed E-state index contributed by atoms with van der Waals surface area (Å²) in [5.41, 5.74) is -1.38. The minimum Gasteiger partial charge on any atom is -0.481 e. The Labute approximate surface area is 59.7 Å². The summed E-state index contributed by atoms with van der Waals surface area (Å²) in [4.78, 5) is 10.5. The second-order valence-corrected chi connectivity index (χ2v) is 3.63. The van der Waals surface area contributed by atoms with Crippen molar-refractivity contribution in [3.63, 3.8) is 0 Å². The maximum atomic E-state index is 10.5. The first kappa shape index (κ1) is 7.54. The van der Waals surface area contributed by atoms with Crippen molar-refractivity contribution in [2.24, 2.45) is 10.8 Å². The summed E-state index contributed by atoms with van der Waals surface area (Å²) in [5, 5.41) is 17.9. The van der Waals surface area contributed by atoms with Gasteiger partial charge in [0.15, 0.2) is 0 Å². The number of aliphatic hydroxyl groups excluding tert-OH is 1. The SMILES string of the molecule is CC1(C)C(O)C1(C)C(=O)O. The number of carbonyl (C=O) groups is 1.